The Kier molecular flexibility index (Phi) is 3.67. The Morgan fingerprint density at radius 2 is 1.84 bits per heavy atom. The van der Waals surface area contributed by atoms with Crippen molar-refractivity contribution < 1.29 is 9.47 Å². The first-order valence-corrected chi connectivity index (χ1v) is 6.77. The smallest absolute Gasteiger partial charge is 0.181 e. The Balaban J connectivity index is 1.81. The largest absolute Gasteiger partial charge is 0.359 e. The van der Waals surface area contributed by atoms with E-state index in [0.29, 0.717) is 19.3 Å². The van der Waals surface area contributed by atoms with Gasteiger partial charge < -0.3 is 14.4 Å². The van der Waals surface area contributed by atoms with E-state index in [-0.39, 0.29) is 12.3 Å². The van der Waals surface area contributed by atoms with E-state index in [9.17, 15) is 0 Å². The summed E-state index contributed by atoms with van der Waals surface area (Å²) in [6.07, 6.45) is 8.23. The van der Waals surface area contributed by atoms with Crippen LogP contribution in [0, 0.1) is 0 Å². The molecule has 0 saturated carbocycles. The van der Waals surface area contributed by atoms with Crippen LogP contribution in [0.3, 0.4) is 0 Å². The number of hydrogen-bond acceptors (Lipinski definition) is 3. The van der Waals surface area contributed by atoms with Gasteiger partial charge in [-0.05, 0) is 18.6 Å². The molecule has 2 unspecified atom stereocenters. The fourth-order valence-electron chi connectivity index (χ4n) is 2.62. The molecule has 2 heterocycles. The molecule has 1 aromatic carbocycles. The van der Waals surface area contributed by atoms with Crippen molar-refractivity contribution in [2.75, 3.05) is 13.2 Å². The van der Waals surface area contributed by atoms with Gasteiger partial charge in [0.1, 0.15) is 0 Å². The lowest BCUT2D eigenvalue weighted by Gasteiger charge is -2.37. The van der Waals surface area contributed by atoms with Crippen molar-refractivity contribution in [1.29, 1.82) is 0 Å². The van der Waals surface area contributed by atoms with E-state index in [1.807, 2.05) is 6.07 Å². The lowest BCUT2D eigenvalue weighted by Crippen LogP contribution is -2.42. The van der Waals surface area contributed by atoms with Crippen LogP contribution in [0.4, 0.5) is 0 Å². The Morgan fingerprint density at radius 3 is 2.58 bits per heavy atom. The number of rotatable bonds is 3. The topological polar surface area (TPSA) is 21.7 Å². The molecule has 2 aliphatic rings. The van der Waals surface area contributed by atoms with Gasteiger partial charge in [0.15, 0.2) is 6.29 Å². The third-order valence-electron chi connectivity index (χ3n) is 3.68. The van der Waals surface area contributed by atoms with Crippen molar-refractivity contribution >= 4 is 0 Å². The molecular formula is C16H19NO2. The summed E-state index contributed by atoms with van der Waals surface area (Å²) >= 11 is 0. The molecule has 1 saturated heterocycles. The fourth-order valence-corrected chi connectivity index (χ4v) is 2.62. The van der Waals surface area contributed by atoms with Crippen molar-refractivity contribution in [3.63, 3.8) is 0 Å². The second-order valence-corrected chi connectivity index (χ2v) is 4.86. The van der Waals surface area contributed by atoms with E-state index >= 15 is 0 Å². The number of ether oxygens (including phenoxy) is 2. The number of allylic oxidation sites excluding steroid dienone is 2. The highest BCUT2D eigenvalue weighted by Crippen LogP contribution is 2.28. The summed E-state index contributed by atoms with van der Waals surface area (Å²) in [5.41, 5.74) is 1.30. The molecule has 0 bridgehead atoms. The van der Waals surface area contributed by atoms with Crippen LogP contribution in [-0.4, -0.2) is 30.4 Å². The first kappa shape index (κ1) is 12.5. The highest BCUT2D eigenvalue weighted by molar-refractivity contribution is 5.23. The molecule has 1 fully saturated rings. The Morgan fingerprint density at radius 1 is 1.11 bits per heavy atom. The average Bonchev–Trinajstić information content (AvgIpc) is 3.01. The van der Waals surface area contributed by atoms with Crippen molar-refractivity contribution in [1.82, 2.24) is 4.90 Å². The van der Waals surface area contributed by atoms with Gasteiger partial charge in [0, 0.05) is 6.20 Å². The van der Waals surface area contributed by atoms with Crippen molar-refractivity contribution in [2.45, 2.75) is 25.3 Å². The van der Waals surface area contributed by atoms with E-state index < -0.39 is 0 Å². The third-order valence-corrected chi connectivity index (χ3v) is 3.68. The number of benzene rings is 1. The molecule has 0 aromatic heterocycles. The maximum absolute atomic E-state index is 5.66. The van der Waals surface area contributed by atoms with Crippen LogP contribution in [0.25, 0.3) is 0 Å². The molecule has 2 aliphatic heterocycles. The predicted octanol–water partition coefficient (Wildman–Crippen LogP) is 2.87. The molecule has 3 rings (SSSR count). The van der Waals surface area contributed by atoms with Crippen LogP contribution < -0.4 is 0 Å². The van der Waals surface area contributed by atoms with E-state index in [4.69, 9.17) is 9.47 Å². The monoisotopic (exact) mass is 257 g/mol. The van der Waals surface area contributed by atoms with Gasteiger partial charge in [-0.25, -0.2) is 0 Å². The standard InChI is InChI=1S/C16H19NO2/c1-13(14-7-3-2-4-8-14)17-10-6-5-9-15(17)16-18-11-12-19-16/h2-10,13,15-16H,11-12H2,1H3. The Bertz CT molecular complexity index is 463. The van der Waals surface area contributed by atoms with Crippen LogP contribution >= 0.6 is 0 Å². The maximum atomic E-state index is 5.66. The highest BCUT2D eigenvalue weighted by Gasteiger charge is 2.32. The molecule has 0 N–H and O–H groups in total. The molecule has 0 radical (unpaired) electrons. The maximum Gasteiger partial charge on any atom is 0.181 e. The molecule has 3 heteroatoms. The minimum absolute atomic E-state index is 0.141. The Hall–Kier alpha value is -1.58. The molecule has 0 spiro atoms. The second kappa shape index (κ2) is 5.59. The SMILES string of the molecule is CC(c1ccccc1)N1C=CC=CC1C1OCCO1. The average molecular weight is 257 g/mol. The molecule has 3 nitrogen and oxygen atoms in total. The third kappa shape index (κ3) is 2.57. The first-order chi connectivity index (χ1) is 9.36. The van der Waals surface area contributed by atoms with Crippen LogP contribution in [0.5, 0.6) is 0 Å². The van der Waals surface area contributed by atoms with Gasteiger partial charge in [-0.1, -0.05) is 42.5 Å². The van der Waals surface area contributed by atoms with Gasteiger partial charge in [-0.2, -0.15) is 0 Å². The Labute approximate surface area is 114 Å². The van der Waals surface area contributed by atoms with Gasteiger partial charge in [-0.3, -0.25) is 0 Å². The van der Waals surface area contributed by atoms with Crippen molar-refractivity contribution in [3.8, 4) is 0 Å². The van der Waals surface area contributed by atoms with Gasteiger partial charge in [0.2, 0.25) is 0 Å². The van der Waals surface area contributed by atoms with Crippen LogP contribution in [0.2, 0.25) is 0 Å². The summed E-state index contributed by atoms with van der Waals surface area (Å²) in [7, 11) is 0. The fraction of sp³-hybridized carbons (Fsp3) is 0.375. The summed E-state index contributed by atoms with van der Waals surface area (Å²) in [6, 6.07) is 10.9. The zero-order chi connectivity index (χ0) is 13.1. The zero-order valence-corrected chi connectivity index (χ0v) is 11.1. The number of nitrogens with zero attached hydrogens (tertiary/aromatic N) is 1. The minimum atomic E-state index is -0.160. The quantitative estimate of drug-likeness (QED) is 0.831. The van der Waals surface area contributed by atoms with E-state index in [2.05, 4.69) is 60.5 Å². The first-order valence-electron chi connectivity index (χ1n) is 6.77. The van der Waals surface area contributed by atoms with Crippen LogP contribution in [0.15, 0.2) is 54.8 Å². The van der Waals surface area contributed by atoms with Crippen LogP contribution in [0.1, 0.15) is 18.5 Å². The minimum Gasteiger partial charge on any atom is -0.359 e. The van der Waals surface area contributed by atoms with Crippen molar-refractivity contribution in [3.05, 3.63) is 60.3 Å². The molecular weight excluding hydrogens is 238 g/mol. The van der Waals surface area contributed by atoms with Crippen molar-refractivity contribution in [2.24, 2.45) is 0 Å². The second-order valence-electron chi connectivity index (χ2n) is 4.86. The molecule has 0 aliphatic carbocycles. The van der Waals surface area contributed by atoms with Gasteiger partial charge >= 0.3 is 0 Å². The van der Waals surface area contributed by atoms with E-state index in [0.717, 1.165) is 0 Å². The molecule has 2 atom stereocenters. The van der Waals surface area contributed by atoms with Crippen LogP contribution in [-0.2, 0) is 9.47 Å². The summed E-state index contributed by atoms with van der Waals surface area (Å²) in [4.78, 5) is 2.30. The summed E-state index contributed by atoms with van der Waals surface area (Å²) in [5.74, 6) is 0. The normalized spacial score (nSPS) is 24.9. The van der Waals surface area contributed by atoms with E-state index in [1.165, 1.54) is 5.56 Å². The lowest BCUT2D eigenvalue weighted by atomic mass is 10.0. The zero-order valence-electron chi connectivity index (χ0n) is 11.1. The summed E-state index contributed by atoms with van der Waals surface area (Å²) < 4.78 is 11.3. The lowest BCUT2D eigenvalue weighted by molar-refractivity contribution is -0.0832. The van der Waals surface area contributed by atoms with Gasteiger partial charge in [0.05, 0.1) is 25.3 Å². The predicted molar refractivity (Wildman–Crippen MR) is 74.5 cm³/mol. The highest BCUT2D eigenvalue weighted by atomic mass is 16.7. The molecule has 1 aromatic rings. The molecule has 100 valence electrons. The number of hydrogen-bond donors (Lipinski definition) is 0. The molecule has 19 heavy (non-hydrogen) atoms. The molecule has 0 amide bonds. The van der Waals surface area contributed by atoms with Gasteiger partial charge in [0.25, 0.3) is 0 Å². The summed E-state index contributed by atoms with van der Waals surface area (Å²) in [6.45, 7) is 3.58. The van der Waals surface area contributed by atoms with Gasteiger partial charge in [-0.15, -0.1) is 0 Å². The summed E-state index contributed by atoms with van der Waals surface area (Å²) in [5, 5.41) is 0. The van der Waals surface area contributed by atoms with E-state index in [1.54, 1.807) is 0 Å².